The lowest BCUT2D eigenvalue weighted by atomic mass is 9.87. The molecule has 21 heavy (non-hydrogen) atoms. The molecule has 2 rings (SSSR count). The van der Waals surface area contributed by atoms with Crippen LogP contribution in [0.5, 0.6) is 0 Å². The van der Waals surface area contributed by atoms with Gasteiger partial charge in [0.05, 0.1) is 12.1 Å². The van der Waals surface area contributed by atoms with Gasteiger partial charge in [0.25, 0.3) is 0 Å². The molecular weight excluding hydrogens is 260 g/mol. The molecule has 0 aromatic heterocycles. The normalized spacial score (nSPS) is 19.6. The maximum absolute atomic E-state index is 10.1. The number of rotatable bonds is 7. The van der Waals surface area contributed by atoms with Crippen LogP contribution in [0.15, 0.2) is 30.3 Å². The number of nitrogens with zero attached hydrogens (tertiary/aromatic N) is 1. The molecular formula is C18H30N2O. The average molecular weight is 290 g/mol. The summed E-state index contributed by atoms with van der Waals surface area (Å²) >= 11 is 0. The Hall–Kier alpha value is -0.900. The van der Waals surface area contributed by atoms with E-state index in [-0.39, 0.29) is 12.1 Å². The molecule has 0 radical (unpaired) electrons. The van der Waals surface area contributed by atoms with Gasteiger partial charge in [-0.1, -0.05) is 56.5 Å². The fourth-order valence-corrected chi connectivity index (χ4v) is 3.58. The Bertz CT molecular complexity index is 397. The van der Waals surface area contributed by atoms with Crippen molar-refractivity contribution in [3.63, 3.8) is 0 Å². The van der Waals surface area contributed by atoms with Gasteiger partial charge in [-0.25, -0.2) is 0 Å². The smallest absolute Gasteiger partial charge is 0.0795 e. The number of nitrogens with one attached hydrogen (secondary N) is 1. The summed E-state index contributed by atoms with van der Waals surface area (Å²) in [6.45, 7) is 4.26. The van der Waals surface area contributed by atoms with E-state index < -0.39 is 0 Å². The van der Waals surface area contributed by atoms with Crippen molar-refractivity contribution in [1.29, 1.82) is 0 Å². The molecule has 3 nitrogen and oxygen atoms in total. The molecule has 0 spiro atoms. The van der Waals surface area contributed by atoms with Gasteiger partial charge in [0, 0.05) is 12.6 Å². The number of benzene rings is 1. The first-order valence-electron chi connectivity index (χ1n) is 8.35. The SMILES string of the molecule is CCN(CC(CO)(NC)c1ccccc1)C1CCCCC1. The van der Waals surface area contributed by atoms with Crippen molar-refractivity contribution in [2.45, 2.75) is 50.6 Å². The maximum atomic E-state index is 10.1. The van der Waals surface area contributed by atoms with Crippen molar-refractivity contribution in [2.75, 3.05) is 26.7 Å². The highest BCUT2D eigenvalue weighted by Gasteiger charge is 2.34. The van der Waals surface area contributed by atoms with Crippen LogP contribution in [0.1, 0.15) is 44.6 Å². The molecule has 1 fully saturated rings. The number of hydrogen-bond donors (Lipinski definition) is 2. The Morgan fingerprint density at radius 3 is 2.38 bits per heavy atom. The van der Waals surface area contributed by atoms with E-state index in [0.29, 0.717) is 6.04 Å². The third-order valence-corrected chi connectivity index (χ3v) is 5.05. The summed E-state index contributed by atoms with van der Waals surface area (Å²) in [6, 6.07) is 11.0. The minimum absolute atomic E-state index is 0.122. The fraction of sp³-hybridized carbons (Fsp3) is 0.667. The third-order valence-electron chi connectivity index (χ3n) is 5.05. The van der Waals surface area contributed by atoms with E-state index in [0.717, 1.165) is 13.1 Å². The van der Waals surface area contributed by atoms with E-state index in [9.17, 15) is 5.11 Å². The molecule has 1 saturated carbocycles. The molecule has 1 aliphatic rings. The van der Waals surface area contributed by atoms with Crippen LogP contribution in [0.4, 0.5) is 0 Å². The molecule has 0 aliphatic heterocycles. The van der Waals surface area contributed by atoms with Crippen molar-refractivity contribution in [2.24, 2.45) is 0 Å². The number of aliphatic hydroxyl groups excluding tert-OH is 1. The van der Waals surface area contributed by atoms with Crippen molar-refractivity contribution >= 4 is 0 Å². The number of hydrogen-bond acceptors (Lipinski definition) is 3. The van der Waals surface area contributed by atoms with Crippen LogP contribution < -0.4 is 5.32 Å². The van der Waals surface area contributed by atoms with Gasteiger partial charge in [0.2, 0.25) is 0 Å². The Kier molecular flexibility index (Phi) is 6.22. The van der Waals surface area contributed by atoms with Crippen LogP contribution in [0, 0.1) is 0 Å². The summed E-state index contributed by atoms with van der Waals surface area (Å²) in [7, 11) is 1.96. The molecule has 1 unspecified atom stereocenters. The molecule has 0 bridgehead atoms. The summed E-state index contributed by atoms with van der Waals surface area (Å²) < 4.78 is 0. The monoisotopic (exact) mass is 290 g/mol. The lowest BCUT2D eigenvalue weighted by Gasteiger charge is -2.41. The van der Waals surface area contributed by atoms with Crippen molar-refractivity contribution in [3.8, 4) is 0 Å². The maximum Gasteiger partial charge on any atom is 0.0795 e. The first kappa shape index (κ1) is 16.5. The molecule has 1 aromatic rings. The van der Waals surface area contributed by atoms with E-state index in [2.05, 4.69) is 29.3 Å². The summed E-state index contributed by atoms with van der Waals surface area (Å²) in [6.07, 6.45) is 6.67. The first-order valence-corrected chi connectivity index (χ1v) is 8.35. The van der Waals surface area contributed by atoms with Gasteiger partial charge in [-0.2, -0.15) is 0 Å². The summed E-state index contributed by atoms with van der Waals surface area (Å²) in [5, 5.41) is 13.5. The van der Waals surface area contributed by atoms with E-state index in [1.165, 1.54) is 37.7 Å². The van der Waals surface area contributed by atoms with Crippen LogP contribution in [-0.2, 0) is 5.54 Å². The quantitative estimate of drug-likeness (QED) is 0.810. The minimum atomic E-state index is -0.366. The largest absolute Gasteiger partial charge is 0.394 e. The fourth-order valence-electron chi connectivity index (χ4n) is 3.58. The van der Waals surface area contributed by atoms with Gasteiger partial charge in [0.1, 0.15) is 0 Å². The topological polar surface area (TPSA) is 35.5 Å². The lowest BCUT2D eigenvalue weighted by Crippen LogP contribution is -2.54. The van der Waals surface area contributed by atoms with Crippen LogP contribution in [-0.4, -0.2) is 42.8 Å². The molecule has 2 N–H and O–H groups in total. The van der Waals surface area contributed by atoms with Gasteiger partial charge in [-0.15, -0.1) is 0 Å². The zero-order chi connectivity index (χ0) is 15.1. The molecule has 0 amide bonds. The summed E-state index contributed by atoms with van der Waals surface area (Å²) in [5.41, 5.74) is 0.804. The lowest BCUT2D eigenvalue weighted by molar-refractivity contribution is 0.0775. The molecule has 1 aromatic carbocycles. The van der Waals surface area contributed by atoms with E-state index in [1.54, 1.807) is 0 Å². The Labute approximate surface area is 129 Å². The van der Waals surface area contributed by atoms with Crippen LogP contribution in [0.3, 0.4) is 0 Å². The predicted octanol–water partition coefficient (Wildman–Crippen LogP) is 2.75. The molecule has 1 atom stereocenters. The van der Waals surface area contributed by atoms with Gasteiger partial charge < -0.3 is 10.4 Å². The number of likely N-dealkylation sites (N-methyl/N-ethyl adjacent to an activating group) is 2. The van der Waals surface area contributed by atoms with Gasteiger partial charge >= 0.3 is 0 Å². The highest BCUT2D eigenvalue weighted by atomic mass is 16.3. The second-order valence-corrected chi connectivity index (χ2v) is 6.21. The zero-order valence-electron chi connectivity index (χ0n) is 13.5. The van der Waals surface area contributed by atoms with E-state index >= 15 is 0 Å². The second-order valence-electron chi connectivity index (χ2n) is 6.21. The minimum Gasteiger partial charge on any atom is -0.394 e. The standard InChI is InChI=1S/C18H30N2O/c1-3-20(17-12-8-5-9-13-17)14-18(15-21,19-2)16-10-6-4-7-11-16/h4,6-7,10-11,17,19,21H,3,5,8-9,12-15H2,1-2H3. The molecule has 0 saturated heterocycles. The highest BCUT2D eigenvalue weighted by molar-refractivity contribution is 5.25. The van der Waals surface area contributed by atoms with Crippen molar-refractivity contribution in [3.05, 3.63) is 35.9 Å². The zero-order valence-corrected chi connectivity index (χ0v) is 13.5. The van der Waals surface area contributed by atoms with Crippen LogP contribution in [0.25, 0.3) is 0 Å². The number of aliphatic hydroxyl groups is 1. The Balaban J connectivity index is 2.17. The molecule has 1 aliphatic carbocycles. The molecule has 0 heterocycles. The van der Waals surface area contributed by atoms with Crippen molar-refractivity contribution < 1.29 is 5.11 Å². The van der Waals surface area contributed by atoms with Gasteiger partial charge in [0.15, 0.2) is 0 Å². The highest BCUT2D eigenvalue weighted by Crippen LogP contribution is 2.27. The third kappa shape index (κ3) is 3.85. The van der Waals surface area contributed by atoms with Gasteiger partial charge in [-0.05, 0) is 32.0 Å². The second kappa shape index (κ2) is 7.92. The van der Waals surface area contributed by atoms with E-state index in [1.807, 2.05) is 25.2 Å². The van der Waals surface area contributed by atoms with E-state index in [4.69, 9.17) is 0 Å². The summed E-state index contributed by atoms with van der Waals surface area (Å²) in [5.74, 6) is 0. The van der Waals surface area contributed by atoms with Crippen molar-refractivity contribution in [1.82, 2.24) is 10.2 Å². The van der Waals surface area contributed by atoms with Gasteiger partial charge in [-0.3, -0.25) is 4.90 Å². The average Bonchev–Trinajstić information content (AvgIpc) is 2.58. The van der Waals surface area contributed by atoms with Crippen LogP contribution >= 0.6 is 0 Å². The Morgan fingerprint density at radius 1 is 1.19 bits per heavy atom. The van der Waals surface area contributed by atoms with Crippen LogP contribution in [0.2, 0.25) is 0 Å². The first-order chi connectivity index (χ1) is 10.3. The summed E-state index contributed by atoms with van der Waals surface area (Å²) in [4.78, 5) is 2.55. The molecule has 118 valence electrons. The predicted molar refractivity (Wildman–Crippen MR) is 88.4 cm³/mol. The Morgan fingerprint density at radius 2 is 1.86 bits per heavy atom. The molecule has 3 heteroatoms.